The first-order valence-electron chi connectivity index (χ1n) is 8.17. The summed E-state index contributed by atoms with van der Waals surface area (Å²) in [4.78, 5) is 27.5. The second kappa shape index (κ2) is 8.14. The highest BCUT2D eigenvalue weighted by Gasteiger charge is 2.21. The number of nitrogens with zero attached hydrogens (tertiary/aromatic N) is 1. The van der Waals surface area contributed by atoms with Gasteiger partial charge in [-0.15, -0.1) is 0 Å². The van der Waals surface area contributed by atoms with E-state index in [-0.39, 0.29) is 17.3 Å². The van der Waals surface area contributed by atoms with Gasteiger partial charge in [0.25, 0.3) is 0 Å². The summed E-state index contributed by atoms with van der Waals surface area (Å²) in [6.07, 6.45) is 4.99. The van der Waals surface area contributed by atoms with Crippen molar-refractivity contribution in [3.8, 4) is 11.5 Å². The molecular formula is C21H17NO5. The van der Waals surface area contributed by atoms with Crippen molar-refractivity contribution in [3.63, 3.8) is 0 Å². The van der Waals surface area contributed by atoms with Gasteiger partial charge in [0.1, 0.15) is 0 Å². The predicted octanol–water partition coefficient (Wildman–Crippen LogP) is 3.63. The predicted molar refractivity (Wildman–Crippen MR) is 101 cm³/mol. The van der Waals surface area contributed by atoms with Crippen LogP contribution in [0.4, 0.5) is 0 Å². The molecule has 0 saturated heterocycles. The van der Waals surface area contributed by atoms with E-state index in [0.29, 0.717) is 11.3 Å². The molecule has 1 aliphatic heterocycles. The Morgan fingerprint density at radius 3 is 2.52 bits per heavy atom. The topological polar surface area (TPSA) is 74.2 Å². The minimum absolute atomic E-state index is 0.154. The first kappa shape index (κ1) is 18.1. The van der Waals surface area contributed by atoms with Gasteiger partial charge in [-0.05, 0) is 35.4 Å². The van der Waals surface area contributed by atoms with E-state index in [9.17, 15) is 9.59 Å². The quantitative estimate of drug-likeness (QED) is 0.461. The summed E-state index contributed by atoms with van der Waals surface area (Å²) in [5.74, 6) is -0.128. The maximum Gasteiger partial charge on any atom is 0.363 e. The fourth-order valence-electron chi connectivity index (χ4n) is 2.40. The zero-order valence-electron chi connectivity index (χ0n) is 14.8. The molecule has 0 unspecified atom stereocenters. The number of esters is 2. The Bertz CT molecular complexity index is 958. The Labute approximate surface area is 156 Å². The average molecular weight is 363 g/mol. The monoisotopic (exact) mass is 363 g/mol. The number of aliphatic imine (C=N–C) groups is 1. The van der Waals surface area contributed by atoms with Gasteiger partial charge in [0, 0.05) is 13.0 Å². The first-order chi connectivity index (χ1) is 13.0. The fraction of sp³-hybridized carbons (Fsp3) is 0.0952. The Balaban J connectivity index is 1.84. The van der Waals surface area contributed by atoms with Gasteiger partial charge < -0.3 is 14.2 Å². The molecule has 0 fully saturated rings. The van der Waals surface area contributed by atoms with Crippen molar-refractivity contribution in [1.29, 1.82) is 0 Å². The average Bonchev–Trinajstić information content (AvgIpc) is 3.00. The minimum atomic E-state index is -0.549. The second-order valence-corrected chi connectivity index (χ2v) is 5.62. The molecule has 6 nitrogen and oxygen atoms in total. The third-order valence-electron chi connectivity index (χ3n) is 3.60. The van der Waals surface area contributed by atoms with Gasteiger partial charge >= 0.3 is 11.9 Å². The molecule has 0 aromatic heterocycles. The van der Waals surface area contributed by atoms with Gasteiger partial charge in [-0.2, -0.15) is 0 Å². The highest BCUT2D eigenvalue weighted by atomic mass is 16.6. The highest BCUT2D eigenvalue weighted by Crippen LogP contribution is 2.29. The lowest BCUT2D eigenvalue weighted by atomic mass is 10.1. The Morgan fingerprint density at radius 1 is 1.04 bits per heavy atom. The zero-order valence-corrected chi connectivity index (χ0v) is 14.8. The number of ether oxygens (including phenoxy) is 3. The SMILES string of the molecule is COc1ccc(C=C2N=C(C=Cc3ccccc3)OC2=O)cc1OC(C)=O. The number of hydrogen-bond donors (Lipinski definition) is 0. The molecule has 1 aliphatic rings. The van der Waals surface area contributed by atoms with Crippen molar-refractivity contribution < 1.29 is 23.8 Å². The van der Waals surface area contributed by atoms with E-state index in [2.05, 4.69) is 4.99 Å². The summed E-state index contributed by atoms with van der Waals surface area (Å²) in [6.45, 7) is 1.30. The summed E-state index contributed by atoms with van der Waals surface area (Å²) in [5, 5.41) is 0. The molecule has 2 aromatic carbocycles. The molecule has 6 heteroatoms. The van der Waals surface area contributed by atoms with E-state index in [0.717, 1.165) is 5.56 Å². The van der Waals surface area contributed by atoms with Crippen LogP contribution in [0.2, 0.25) is 0 Å². The maximum absolute atomic E-state index is 12.0. The normalized spacial score (nSPS) is 15.0. The minimum Gasteiger partial charge on any atom is -0.493 e. The number of carbonyl (C=O) groups is 2. The van der Waals surface area contributed by atoms with Gasteiger partial charge in [-0.3, -0.25) is 4.79 Å². The molecule has 0 atom stereocenters. The standard InChI is InChI=1S/C21H17NO5/c1-14(23)26-19-13-16(8-10-18(19)25-2)12-17-21(24)27-20(22-17)11-9-15-6-4-3-5-7-15/h3-13H,1-2H3. The number of methoxy groups -OCH3 is 1. The van der Waals surface area contributed by atoms with Crippen LogP contribution >= 0.6 is 0 Å². The Morgan fingerprint density at radius 2 is 1.81 bits per heavy atom. The molecule has 0 bridgehead atoms. The lowest BCUT2D eigenvalue weighted by Gasteiger charge is -2.08. The maximum atomic E-state index is 12.0. The second-order valence-electron chi connectivity index (χ2n) is 5.62. The summed E-state index contributed by atoms with van der Waals surface area (Å²) < 4.78 is 15.4. The van der Waals surface area contributed by atoms with Crippen LogP contribution < -0.4 is 9.47 Å². The summed E-state index contributed by atoms with van der Waals surface area (Å²) in [5.41, 5.74) is 1.74. The first-order valence-corrected chi connectivity index (χ1v) is 8.17. The van der Waals surface area contributed by atoms with Gasteiger partial charge in [-0.1, -0.05) is 36.4 Å². The van der Waals surface area contributed by atoms with Gasteiger partial charge in [0.05, 0.1) is 7.11 Å². The molecule has 0 amide bonds. The Hall–Kier alpha value is -3.67. The van der Waals surface area contributed by atoms with E-state index in [1.165, 1.54) is 14.0 Å². The van der Waals surface area contributed by atoms with Crippen molar-refractivity contribution in [1.82, 2.24) is 0 Å². The van der Waals surface area contributed by atoms with E-state index in [4.69, 9.17) is 14.2 Å². The van der Waals surface area contributed by atoms with Gasteiger partial charge in [0.15, 0.2) is 17.2 Å². The molecule has 0 saturated carbocycles. The number of benzene rings is 2. The zero-order chi connectivity index (χ0) is 19.2. The van der Waals surface area contributed by atoms with Crippen LogP contribution in [0.25, 0.3) is 12.2 Å². The number of carbonyl (C=O) groups excluding carboxylic acids is 2. The highest BCUT2D eigenvalue weighted by molar-refractivity contribution is 6.11. The largest absolute Gasteiger partial charge is 0.493 e. The van der Waals surface area contributed by atoms with Crippen LogP contribution in [0.15, 0.2) is 65.3 Å². The fourth-order valence-corrected chi connectivity index (χ4v) is 2.40. The number of rotatable bonds is 5. The molecule has 136 valence electrons. The Kier molecular flexibility index (Phi) is 5.47. The molecule has 0 radical (unpaired) electrons. The van der Waals surface area contributed by atoms with Crippen LogP contribution in [0, 0.1) is 0 Å². The molecule has 0 spiro atoms. The van der Waals surface area contributed by atoms with E-state index in [1.807, 2.05) is 30.3 Å². The summed E-state index contributed by atoms with van der Waals surface area (Å²) in [6, 6.07) is 14.6. The van der Waals surface area contributed by atoms with E-state index in [1.54, 1.807) is 36.4 Å². The number of cyclic esters (lactones) is 1. The van der Waals surface area contributed by atoms with Gasteiger partial charge in [0.2, 0.25) is 5.90 Å². The molecule has 0 aliphatic carbocycles. The molecule has 0 N–H and O–H groups in total. The number of hydrogen-bond acceptors (Lipinski definition) is 6. The molecule has 1 heterocycles. The van der Waals surface area contributed by atoms with Crippen molar-refractivity contribution >= 4 is 30.0 Å². The third kappa shape index (κ3) is 4.70. The lowest BCUT2D eigenvalue weighted by molar-refractivity contribution is -0.132. The molecule has 27 heavy (non-hydrogen) atoms. The van der Waals surface area contributed by atoms with Crippen molar-refractivity contribution in [3.05, 3.63) is 71.4 Å². The van der Waals surface area contributed by atoms with Crippen LogP contribution in [0.3, 0.4) is 0 Å². The van der Waals surface area contributed by atoms with Crippen LogP contribution in [0.5, 0.6) is 11.5 Å². The summed E-state index contributed by atoms with van der Waals surface area (Å²) >= 11 is 0. The third-order valence-corrected chi connectivity index (χ3v) is 3.60. The van der Waals surface area contributed by atoms with Crippen molar-refractivity contribution in [2.45, 2.75) is 6.92 Å². The lowest BCUT2D eigenvalue weighted by Crippen LogP contribution is -2.03. The molecule has 3 rings (SSSR count). The molecule has 2 aromatic rings. The van der Waals surface area contributed by atoms with Crippen molar-refractivity contribution in [2.75, 3.05) is 7.11 Å². The van der Waals surface area contributed by atoms with Crippen LogP contribution in [0.1, 0.15) is 18.1 Å². The van der Waals surface area contributed by atoms with E-state index >= 15 is 0 Å². The van der Waals surface area contributed by atoms with Gasteiger partial charge in [-0.25, -0.2) is 9.79 Å². The van der Waals surface area contributed by atoms with Crippen LogP contribution in [-0.2, 0) is 14.3 Å². The van der Waals surface area contributed by atoms with E-state index < -0.39 is 11.9 Å². The summed E-state index contributed by atoms with van der Waals surface area (Å²) in [7, 11) is 1.48. The smallest absolute Gasteiger partial charge is 0.363 e. The molecular weight excluding hydrogens is 346 g/mol. The van der Waals surface area contributed by atoms with Crippen LogP contribution in [-0.4, -0.2) is 24.9 Å². The van der Waals surface area contributed by atoms with Crippen molar-refractivity contribution in [2.24, 2.45) is 4.99 Å².